The minimum atomic E-state index is -4.01. The minimum absolute atomic E-state index is 0.0459. The number of fused-ring (bicyclic) bond motifs is 1. The summed E-state index contributed by atoms with van der Waals surface area (Å²) in [5.74, 6) is -0.0218. The summed E-state index contributed by atoms with van der Waals surface area (Å²) < 4.78 is 39.5. The van der Waals surface area contributed by atoms with Gasteiger partial charge in [0.05, 0.1) is 36.3 Å². The Morgan fingerprint density at radius 1 is 0.959 bits per heavy atom. The van der Waals surface area contributed by atoms with Crippen LogP contribution in [0.4, 0.5) is 4.79 Å². The van der Waals surface area contributed by atoms with Crippen molar-refractivity contribution in [2.75, 3.05) is 20.2 Å². The average Bonchev–Trinajstić information content (AvgIpc) is 3.04. The van der Waals surface area contributed by atoms with E-state index in [-0.39, 0.29) is 35.9 Å². The molecular formula is C37H49N3O8S. The number of carbonyl (C=O) groups excluding carboxylic acids is 2. The maximum atomic E-state index is 13.8. The summed E-state index contributed by atoms with van der Waals surface area (Å²) in [5.41, 5.74) is 1.62. The van der Waals surface area contributed by atoms with Gasteiger partial charge in [0.1, 0.15) is 11.4 Å². The third-order valence-electron chi connectivity index (χ3n) is 8.24. The van der Waals surface area contributed by atoms with Crippen LogP contribution in [0, 0.1) is 5.92 Å². The minimum Gasteiger partial charge on any atom is -0.497 e. The van der Waals surface area contributed by atoms with Crippen LogP contribution in [0.5, 0.6) is 5.75 Å². The molecule has 0 bridgehead atoms. The SMILES string of the molecule is COc1ccc(S(=O)(=O)N(CC(C)C)C[C@@H](O)[C@H](Cc2ccccc2)NC(=O)c2ccc3c(c2)[C@@H](NC(=O)OC(C)(C)C)CC[C@H]3O)cc1. The van der Waals surface area contributed by atoms with Gasteiger partial charge in [-0.1, -0.05) is 50.2 Å². The molecule has 0 aliphatic heterocycles. The highest BCUT2D eigenvalue weighted by atomic mass is 32.2. The second-order valence-electron chi connectivity index (χ2n) is 13.9. The summed E-state index contributed by atoms with van der Waals surface area (Å²) in [4.78, 5) is 26.5. The van der Waals surface area contributed by atoms with Gasteiger partial charge in [0.25, 0.3) is 5.91 Å². The van der Waals surface area contributed by atoms with Gasteiger partial charge >= 0.3 is 6.09 Å². The fourth-order valence-corrected chi connectivity index (χ4v) is 7.49. The first kappa shape index (κ1) is 37.8. The van der Waals surface area contributed by atoms with Crippen molar-refractivity contribution < 1.29 is 37.7 Å². The van der Waals surface area contributed by atoms with E-state index in [0.29, 0.717) is 29.7 Å². The molecule has 0 spiro atoms. The Hall–Kier alpha value is -3.97. The van der Waals surface area contributed by atoms with Crippen molar-refractivity contribution in [1.82, 2.24) is 14.9 Å². The number of ether oxygens (including phenoxy) is 2. The normalized spacial score (nSPS) is 17.6. The predicted molar refractivity (Wildman–Crippen MR) is 187 cm³/mol. The van der Waals surface area contributed by atoms with Crippen LogP contribution in [-0.2, 0) is 21.2 Å². The van der Waals surface area contributed by atoms with Crippen molar-refractivity contribution in [1.29, 1.82) is 0 Å². The molecule has 0 heterocycles. The highest BCUT2D eigenvalue weighted by Gasteiger charge is 2.33. The zero-order valence-corrected chi connectivity index (χ0v) is 29.9. The third kappa shape index (κ3) is 10.3. The molecule has 4 rings (SSSR count). The number of rotatable bonds is 13. The van der Waals surface area contributed by atoms with Crippen molar-refractivity contribution in [2.24, 2.45) is 5.92 Å². The largest absolute Gasteiger partial charge is 0.497 e. The van der Waals surface area contributed by atoms with Crippen LogP contribution in [0.25, 0.3) is 0 Å². The van der Waals surface area contributed by atoms with E-state index in [1.807, 2.05) is 44.2 Å². The summed E-state index contributed by atoms with van der Waals surface area (Å²) in [6.45, 7) is 8.98. The van der Waals surface area contributed by atoms with Crippen LogP contribution < -0.4 is 15.4 Å². The summed E-state index contributed by atoms with van der Waals surface area (Å²) in [5, 5.41) is 28.2. The zero-order valence-electron chi connectivity index (χ0n) is 29.0. The van der Waals surface area contributed by atoms with E-state index >= 15 is 0 Å². The van der Waals surface area contributed by atoms with Gasteiger partial charge in [0.2, 0.25) is 10.0 Å². The number of aliphatic hydroxyl groups is 2. The number of carbonyl (C=O) groups is 2. The fourth-order valence-electron chi connectivity index (χ4n) is 5.87. The molecule has 0 unspecified atom stereocenters. The number of methoxy groups -OCH3 is 1. The fraction of sp³-hybridized carbons (Fsp3) is 0.459. The second-order valence-corrected chi connectivity index (χ2v) is 15.8. The number of sulfonamides is 1. The Morgan fingerprint density at radius 2 is 1.63 bits per heavy atom. The Labute approximate surface area is 289 Å². The van der Waals surface area contributed by atoms with Crippen LogP contribution in [-0.4, -0.2) is 72.9 Å². The molecule has 0 aromatic heterocycles. The van der Waals surface area contributed by atoms with Gasteiger partial charge in [-0.3, -0.25) is 4.79 Å². The summed E-state index contributed by atoms with van der Waals surface area (Å²) in [7, 11) is -2.51. The second kappa shape index (κ2) is 16.2. The first-order chi connectivity index (χ1) is 23.1. The molecule has 0 radical (unpaired) electrons. The molecule has 3 aromatic carbocycles. The van der Waals surface area contributed by atoms with E-state index in [1.165, 1.54) is 23.5 Å². The molecule has 49 heavy (non-hydrogen) atoms. The predicted octanol–water partition coefficient (Wildman–Crippen LogP) is 5.14. The summed E-state index contributed by atoms with van der Waals surface area (Å²) in [6, 6.07) is 18.9. The van der Waals surface area contributed by atoms with Crippen LogP contribution in [0.3, 0.4) is 0 Å². The molecule has 0 saturated carbocycles. The van der Waals surface area contributed by atoms with Crippen molar-refractivity contribution in [3.05, 3.63) is 95.1 Å². The highest BCUT2D eigenvalue weighted by molar-refractivity contribution is 7.89. The topological polar surface area (TPSA) is 154 Å². The molecule has 2 amide bonds. The Balaban J connectivity index is 1.61. The smallest absolute Gasteiger partial charge is 0.408 e. The molecular weight excluding hydrogens is 646 g/mol. The molecule has 0 fully saturated rings. The number of alkyl carbamates (subject to hydrolysis) is 1. The van der Waals surface area contributed by atoms with Gasteiger partial charge in [0, 0.05) is 18.7 Å². The molecule has 0 saturated heterocycles. The molecule has 12 heteroatoms. The lowest BCUT2D eigenvalue weighted by Gasteiger charge is -2.32. The van der Waals surface area contributed by atoms with Gasteiger partial charge in [-0.2, -0.15) is 4.31 Å². The van der Waals surface area contributed by atoms with E-state index in [9.17, 15) is 28.2 Å². The van der Waals surface area contributed by atoms with Gasteiger partial charge in [0.15, 0.2) is 0 Å². The van der Waals surface area contributed by atoms with Gasteiger partial charge < -0.3 is 30.3 Å². The number of hydrogen-bond donors (Lipinski definition) is 4. The van der Waals surface area contributed by atoms with Gasteiger partial charge in [-0.15, -0.1) is 0 Å². The maximum absolute atomic E-state index is 13.8. The molecule has 4 N–H and O–H groups in total. The third-order valence-corrected chi connectivity index (χ3v) is 10.1. The Kier molecular flexibility index (Phi) is 12.5. The lowest BCUT2D eigenvalue weighted by atomic mass is 9.84. The molecule has 1 aliphatic carbocycles. The number of hydrogen-bond acceptors (Lipinski definition) is 8. The van der Waals surface area contributed by atoms with Gasteiger partial charge in [-0.25, -0.2) is 13.2 Å². The lowest BCUT2D eigenvalue weighted by Crippen LogP contribution is -2.51. The summed E-state index contributed by atoms with van der Waals surface area (Å²) >= 11 is 0. The van der Waals surface area contributed by atoms with E-state index in [0.717, 1.165) is 5.56 Å². The van der Waals surface area contributed by atoms with Crippen molar-refractivity contribution in [3.63, 3.8) is 0 Å². The van der Waals surface area contributed by atoms with Crippen molar-refractivity contribution in [3.8, 4) is 5.75 Å². The van der Waals surface area contributed by atoms with Crippen LogP contribution in [0.15, 0.2) is 77.7 Å². The Bertz CT molecular complexity index is 1670. The summed E-state index contributed by atoms with van der Waals surface area (Å²) in [6.07, 6.45) is -1.53. The molecule has 3 aromatic rings. The number of amides is 2. The van der Waals surface area contributed by atoms with Gasteiger partial charge in [-0.05, 0) is 99.0 Å². The van der Waals surface area contributed by atoms with E-state index in [4.69, 9.17) is 9.47 Å². The first-order valence-corrected chi connectivity index (χ1v) is 18.0. The maximum Gasteiger partial charge on any atom is 0.408 e. The highest BCUT2D eigenvalue weighted by Crippen LogP contribution is 2.37. The van der Waals surface area contributed by atoms with E-state index in [2.05, 4.69) is 10.6 Å². The number of nitrogens with zero attached hydrogens (tertiary/aromatic N) is 1. The van der Waals surface area contributed by atoms with Crippen LogP contribution in [0.1, 0.15) is 86.7 Å². The molecule has 266 valence electrons. The average molecular weight is 696 g/mol. The van der Waals surface area contributed by atoms with Crippen molar-refractivity contribution >= 4 is 22.0 Å². The van der Waals surface area contributed by atoms with Crippen LogP contribution in [0.2, 0.25) is 0 Å². The number of nitrogens with one attached hydrogen (secondary N) is 2. The standard InChI is InChI=1S/C37H49N3O8S/c1-24(2)22-40(49(45,46)28-15-13-27(47-6)14-16-28)23-34(42)32(20-25-10-8-7-9-11-25)38-35(43)26-12-17-29-30(21-26)31(18-19-33(29)41)39-36(44)48-37(3,4)5/h7-17,21,24,31-34,41-42H,18-20,22-23H2,1-6H3,(H,38,43)(H,39,44)/t31-,32-,33+,34+/m0/s1. The quantitative estimate of drug-likeness (QED) is 0.192. The number of benzene rings is 3. The van der Waals surface area contributed by atoms with Crippen LogP contribution >= 0.6 is 0 Å². The Morgan fingerprint density at radius 3 is 2.24 bits per heavy atom. The first-order valence-electron chi connectivity index (χ1n) is 16.6. The van der Waals surface area contributed by atoms with Crippen molar-refractivity contribution in [2.45, 2.75) is 88.7 Å². The van der Waals surface area contributed by atoms with E-state index in [1.54, 1.807) is 51.1 Å². The monoisotopic (exact) mass is 695 g/mol. The zero-order chi connectivity index (χ0) is 35.9. The van der Waals surface area contributed by atoms with E-state index < -0.39 is 51.9 Å². The molecule has 1 aliphatic rings. The number of aliphatic hydroxyl groups excluding tert-OH is 2. The lowest BCUT2D eigenvalue weighted by molar-refractivity contribution is 0.0485. The molecule has 11 nitrogen and oxygen atoms in total. The molecule has 4 atom stereocenters.